The Morgan fingerprint density at radius 2 is 1.61 bits per heavy atom. The number of hydrogen-bond acceptors (Lipinski definition) is 7. The van der Waals surface area contributed by atoms with Gasteiger partial charge in [-0.15, -0.1) is 0 Å². The van der Waals surface area contributed by atoms with Crippen molar-refractivity contribution in [2.24, 2.45) is 4.99 Å². The van der Waals surface area contributed by atoms with E-state index in [0.29, 0.717) is 11.3 Å². The van der Waals surface area contributed by atoms with E-state index < -0.39 is 5.97 Å². The maximum absolute atomic E-state index is 13.3. The summed E-state index contributed by atoms with van der Waals surface area (Å²) < 4.78 is 6.55. The molecule has 0 aromatic heterocycles. The van der Waals surface area contributed by atoms with Gasteiger partial charge in [0.1, 0.15) is 4.38 Å². The Labute approximate surface area is 205 Å². The van der Waals surface area contributed by atoms with Gasteiger partial charge in [0.15, 0.2) is 6.61 Å². The van der Waals surface area contributed by atoms with Gasteiger partial charge in [0.25, 0.3) is 5.91 Å². The first-order chi connectivity index (χ1) is 16.2. The molecule has 0 saturated heterocycles. The maximum atomic E-state index is 13.3. The number of ether oxygens (including phenoxy) is 1. The van der Waals surface area contributed by atoms with Crippen LogP contribution in [0.5, 0.6) is 0 Å². The van der Waals surface area contributed by atoms with Crippen molar-refractivity contribution in [3.05, 3.63) is 83.9 Å². The molecule has 0 spiro atoms. The lowest BCUT2D eigenvalue weighted by molar-refractivity contribution is -0.121. The van der Waals surface area contributed by atoms with Crippen molar-refractivity contribution in [3.8, 4) is 0 Å². The molecule has 0 N–H and O–H groups in total. The number of amides is 1. The molecule has 2 aliphatic rings. The molecule has 166 valence electrons. The smallest absolute Gasteiger partial charge is 0.338 e. The molecule has 0 fully saturated rings. The number of aliphatic imine (C=N–C) groups is 1. The summed E-state index contributed by atoms with van der Waals surface area (Å²) in [6, 6.07) is 22.9. The normalized spacial score (nSPS) is 14.3. The lowest BCUT2D eigenvalue weighted by Gasteiger charge is -2.30. The third-order valence-electron chi connectivity index (χ3n) is 5.15. The zero-order valence-corrected chi connectivity index (χ0v) is 20.1. The summed E-state index contributed by atoms with van der Waals surface area (Å²) in [5.74, 6) is 0.866. The second-order valence-corrected chi connectivity index (χ2v) is 10.7. The first-order valence-corrected chi connectivity index (χ1v) is 13.2. The molecule has 2 aliphatic heterocycles. The van der Waals surface area contributed by atoms with Crippen LogP contribution in [-0.4, -0.2) is 35.2 Å². The molecule has 0 unspecified atom stereocenters. The van der Waals surface area contributed by atoms with Crippen LogP contribution in [0.15, 0.2) is 87.6 Å². The molecule has 3 aromatic carbocycles. The Morgan fingerprint density at radius 1 is 0.939 bits per heavy atom. The molecule has 0 radical (unpaired) electrons. The van der Waals surface area contributed by atoms with Crippen molar-refractivity contribution in [2.75, 3.05) is 23.8 Å². The summed E-state index contributed by atoms with van der Waals surface area (Å²) in [6.45, 7) is 0.510. The van der Waals surface area contributed by atoms with Crippen LogP contribution in [0.25, 0.3) is 0 Å². The quantitative estimate of drug-likeness (QED) is 0.407. The van der Waals surface area contributed by atoms with E-state index in [9.17, 15) is 9.59 Å². The van der Waals surface area contributed by atoms with Crippen molar-refractivity contribution in [1.29, 1.82) is 0 Å². The number of benzene rings is 3. The van der Waals surface area contributed by atoms with Gasteiger partial charge in [-0.2, -0.15) is 0 Å². The predicted molar refractivity (Wildman–Crippen MR) is 137 cm³/mol. The minimum atomic E-state index is -0.492. The van der Waals surface area contributed by atoms with Gasteiger partial charge in [-0.1, -0.05) is 77.8 Å². The molecular formula is C25H20N2O3S3. The molecule has 33 heavy (non-hydrogen) atoms. The van der Waals surface area contributed by atoms with Crippen molar-refractivity contribution >= 4 is 62.9 Å². The van der Waals surface area contributed by atoms with Crippen LogP contribution in [0, 0.1) is 0 Å². The van der Waals surface area contributed by atoms with Gasteiger partial charge in [0, 0.05) is 21.3 Å². The number of carbonyl (C=O) groups excluding carboxylic acids is 2. The van der Waals surface area contributed by atoms with E-state index in [1.807, 2.05) is 66.7 Å². The third kappa shape index (κ3) is 4.83. The highest BCUT2D eigenvalue weighted by molar-refractivity contribution is 8.38. The van der Waals surface area contributed by atoms with E-state index in [4.69, 9.17) is 4.74 Å². The van der Waals surface area contributed by atoms with Crippen LogP contribution < -0.4 is 4.90 Å². The van der Waals surface area contributed by atoms with Crippen LogP contribution >= 0.6 is 35.3 Å². The minimum Gasteiger partial charge on any atom is -0.452 e. The summed E-state index contributed by atoms with van der Waals surface area (Å²) in [6.07, 6.45) is 0. The Balaban J connectivity index is 1.31. The van der Waals surface area contributed by atoms with Gasteiger partial charge in [-0.05, 0) is 35.9 Å². The monoisotopic (exact) mass is 492 g/mol. The highest BCUT2D eigenvalue weighted by Gasteiger charge is 2.28. The van der Waals surface area contributed by atoms with Crippen molar-refractivity contribution in [3.63, 3.8) is 0 Å². The van der Waals surface area contributed by atoms with Crippen LogP contribution in [0.2, 0.25) is 0 Å². The molecule has 1 amide bonds. The summed E-state index contributed by atoms with van der Waals surface area (Å²) >= 11 is 5.00. The van der Waals surface area contributed by atoms with Gasteiger partial charge < -0.3 is 4.74 Å². The van der Waals surface area contributed by atoms with Gasteiger partial charge >= 0.3 is 5.97 Å². The minimum absolute atomic E-state index is 0.285. The second kappa shape index (κ2) is 10.1. The van der Waals surface area contributed by atoms with Crippen molar-refractivity contribution in [2.45, 2.75) is 15.5 Å². The molecule has 8 heteroatoms. The molecule has 5 rings (SSSR count). The van der Waals surface area contributed by atoms with Crippen LogP contribution in [0.4, 0.5) is 11.4 Å². The fraction of sp³-hybridized carbons (Fsp3) is 0.160. The molecule has 0 atom stereocenters. The first kappa shape index (κ1) is 22.1. The van der Waals surface area contributed by atoms with E-state index in [1.165, 1.54) is 0 Å². The average molecular weight is 493 g/mol. The lowest BCUT2D eigenvalue weighted by atomic mass is 10.1. The molecule has 0 bridgehead atoms. The summed E-state index contributed by atoms with van der Waals surface area (Å²) in [5.41, 5.74) is 2.96. The summed E-state index contributed by atoms with van der Waals surface area (Å²) in [4.78, 5) is 34.2. The Kier molecular flexibility index (Phi) is 6.75. The van der Waals surface area contributed by atoms with Crippen molar-refractivity contribution < 1.29 is 14.3 Å². The maximum Gasteiger partial charge on any atom is 0.338 e. The number of rotatable bonds is 5. The highest BCUT2D eigenvalue weighted by Crippen LogP contribution is 2.47. The van der Waals surface area contributed by atoms with E-state index in [2.05, 4.69) is 4.99 Å². The van der Waals surface area contributed by atoms with Crippen LogP contribution in [0.1, 0.15) is 15.9 Å². The Bertz CT molecular complexity index is 1200. The SMILES string of the molecule is O=C(OCC(=O)N1c2ccccc2Sc2ccccc21)c1ccccc1CSC1=NCCS1. The van der Waals surface area contributed by atoms with Crippen LogP contribution in [0.3, 0.4) is 0 Å². The van der Waals surface area contributed by atoms with Gasteiger partial charge in [0.05, 0.1) is 23.5 Å². The fourth-order valence-electron chi connectivity index (χ4n) is 3.63. The first-order valence-electron chi connectivity index (χ1n) is 10.4. The highest BCUT2D eigenvalue weighted by atomic mass is 32.2. The Hall–Kier alpha value is -2.68. The molecule has 3 aromatic rings. The zero-order chi connectivity index (χ0) is 22.6. The number of fused-ring (bicyclic) bond motifs is 2. The largest absolute Gasteiger partial charge is 0.452 e. The standard InChI is InChI=1S/C25H20N2O3S3/c28-23(27-19-9-3-5-11-21(19)33-22-12-6-4-10-20(22)27)15-30-24(29)18-8-2-1-7-17(18)16-32-25-26-13-14-31-25/h1-12H,13-16H2. The fourth-order valence-corrected chi connectivity index (χ4v) is 6.70. The van der Waals surface area contributed by atoms with E-state index in [-0.39, 0.29) is 12.5 Å². The predicted octanol–water partition coefficient (Wildman–Crippen LogP) is 6.01. The van der Waals surface area contributed by atoms with Gasteiger partial charge in [0.2, 0.25) is 0 Å². The molecule has 0 saturated carbocycles. The number of anilines is 2. The molecule has 2 heterocycles. The van der Waals surface area contributed by atoms with E-state index >= 15 is 0 Å². The zero-order valence-electron chi connectivity index (χ0n) is 17.6. The summed E-state index contributed by atoms with van der Waals surface area (Å²) in [7, 11) is 0. The van der Waals surface area contributed by atoms with E-state index in [1.54, 1.807) is 46.3 Å². The van der Waals surface area contributed by atoms with Gasteiger partial charge in [-0.25, -0.2) is 4.79 Å². The number of esters is 1. The number of nitrogens with zero attached hydrogens (tertiary/aromatic N) is 2. The second-order valence-electron chi connectivity index (χ2n) is 7.28. The number of carbonyl (C=O) groups is 2. The number of thioether (sulfide) groups is 2. The average Bonchev–Trinajstić information content (AvgIpc) is 3.38. The molecule has 0 aliphatic carbocycles. The topological polar surface area (TPSA) is 59.0 Å². The van der Waals surface area contributed by atoms with E-state index in [0.717, 1.165) is 43.4 Å². The van der Waals surface area contributed by atoms with Crippen molar-refractivity contribution in [1.82, 2.24) is 0 Å². The Morgan fingerprint density at radius 3 is 2.30 bits per heavy atom. The molecular weight excluding hydrogens is 472 g/mol. The number of para-hydroxylation sites is 2. The van der Waals surface area contributed by atoms with Gasteiger partial charge in [-0.3, -0.25) is 14.7 Å². The summed E-state index contributed by atoms with van der Waals surface area (Å²) in [5, 5.41) is 0. The third-order valence-corrected chi connectivity index (χ3v) is 8.59. The lowest BCUT2D eigenvalue weighted by Crippen LogP contribution is -2.32. The van der Waals surface area contributed by atoms with Crippen LogP contribution in [-0.2, 0) is 15.3 Å². The number of hydrogen-bond donors (Lipinski definition) is 0. The molecule has 5 nitrogen and oxygen atoms in total.